The molecule has 0 amide bonds. The lowest BCUT2D eigenvalue weighted by atomic mass is 10.0. The van der Waals surface area contributed by atoms with Gasteiger partial charge in [-0.3, -0.25) is 14.3 Å². The Morgan fingerprint density at radius 1 is 1.28 bits per heavy atom. The van der Waals surface area contributed by atoms with E-state index < -0.39 is 0 Å². The Balaban J connectivity index is 2.11. The van der Waals surface area contributed by atoms with Crippen molar-refractivity contribution < 1.29 is 0 Å². The van der Waals surface area contributed by atoms with Gasteiger partial charge in [0, 0.05) is 37.9 Å². The largest absolute Gasteiger partial charge is 0.309 e. The predicted octanol–water partition coefficient (Wildman–Crippen LogP) is 2.33. The predicted molar refractivity (Wildman–Crippen MR) is 101 cm³/mol. The molecule has 0 radical (unpaired) electrons. The van der Waals surface area contributed by atoms with Crippen molar-refractivity contribution >= 4 is 11.0 Å². The number of piperazine rings is 1. The molecule has 1 fully saturated rings. The Morgan fingerprint density at radius 3 is 2.64 bits per heavy atom. The summed E-state index contributed by atoms with van der Waals surface area (Å²) in [5.41, 5.74) is 1.13. The fourth-order valence-corrected chi connectivity index (χ4v) is 4.00. The van der Waals surface area contributed by atoms with Gasteiger partial charge in [0.2, 0.25) is 0 Å². The second-order valence-corrected chi connectivity index (χ2v) is 7.12. The highest BCUT2D eigenvalue weighted by Crippen LogP contribution is 2.27. The Morgan fingerprint density at radius 2 is 2.00 bits per heavy atom. The summed E-state index contributed by atoms with van der Waals surface area (Å²) in [6.45, 7) is 11.2. The molecule has 3 rings (SSSR count). The monoisotopic (exact) mass is 343 g/mol. The lowest BCUT2D eigenvalue weighted by molar-refractivity contribution is 0.109. The van der Waals surface area contributed by atoms with Crippen LogP contribution in [0.2, 0.25) is 0 Å². The fourth-order valence-electron chi connectivity index (χ4n) is 4.00. The standard InChI is InChI=1S/C19H29N5O/c1-5-8-16(23-11-13(3)21-14(4)12-23)18-22-15-9-7-10-20-17(15)19(25)24(18)6-2/h7,9-10,13-14,16,21H,5-6,8,11-12H2,1-4H3/t13-,14+,16?. The fraction of sp³-hybridized carbons (Fsp3) is 0.632. The molecule has 3 atom stereocenters. The summed E-state index contributed by atoms with van der Waals surface area (Å²) in [6, 6.07) is 4.77. The van der Waals surface area contributed by atoms with E-state index in [0.717, 1.165) is 31.8 Å². The lowest BCUT2D eigenvalue weighted by Crippen LogP contribution is -2.55. The van der Waals surface area contributed by atoms with Crippen molar-refractivity contribution in [2.24, 2.45) is 0 Å². The number of fused-ring (bicyclic) bond motifs is 1. The molecule has 25 heavy (non-hydrogen) atoms. The molecule has 3 heterocycles. The number of hydrogen-bond acceptors (Lipinski definition) is 5. The van der Waals surface area contributed by atoms with E-state index in [-0.39, 0.29) is 11.6 Å². The summed E-state index contributed by atoms with van der Waals surface area (Å²) >= 11 is 0. The van der Waals surface area contributed by atoms with Gasteiger partial charge in [0.25, 0.3) is 5.56 Å². The Hall–Kier alpha value is -1.79. The summed E-state index contributed by atoms with van der Waals surface area (Å²) < 4.78 is 1.81. The first-order valence-corrected chi connectivity index (χ1v) is 9.40. The molecule has 1 saturated heterocycles. The molecule has 0 saturated carbocycles. The van der Waals surface area contributed by atoms with Crippen LogP contribution in [0.3, 0.4) is 0 Å². The number of pyridine rings is 1. The second-order valence-electron chi connectivity index (χ2n) is 7.12. The van der Waals surface area contributed by atoms with Gasteiger partial charge in [0.1, 0.15) is 5.82 Å². The minimum Gasteiger partial charge on any atom is -0.309 e. The van der Waals surface area contributed by atoms with Crippen molar-refractivity contribution in [2.75, 3.05) is 13.1 Å². The van der Waals surface area contributed by atoms with Crippen LogP contribution >= 0.6 is 0 Å². The zero-order chi connectivity index (χ0) is 18.0. The van der Waals surface area contributed by atoms with Gasteiger partial charge in [-0.2, -0.15) is 0 Å². The van der Waals surface area contributed by atoms with Crippen LogP contribution in [0.5, 0.6) is 0 Å². The highest BCUT2D eigenvalue weighted by atomic mass is 16.1. The third-order valence-electron chi connectivity index (χ3n) is 4.95. The topological polar surface area (TPSA) is 63.1 Å². The summed E-state index contributed by atoms with van der Waals surface area (Å²) in [5.74, 6) is 0.885. The van der Waals surface area contributed by atoms with Gasteiger partial charge < -0.3 is 5.32 Å². The van der Waals surface area contributed by atoms with Crippen molar-refractivity contribution in [3.05, 3.63) is 34.5 Å². The number of aromatic nitrogens is 3. The number of nitrogens with zero attached hydrogens (tertiary/aromatic N) is 4. The van der Waals surface area contributed by atoms with Crippen LogP contribution in [0.1, 0.15) is 52.4 Å². The Bertz CT molecular complexity index is 777. The maximum absolute atomic E-state index is 12.9. The third-order valence-corrected chi connectivity index (χ3v) is 4.95. The molecule has 1 aliphatic heterocycles. The smallest absolute Gasteiger partial charge is 0.280 e. The number of rotatable bonds is 5. The average molecular weight is 343 g/mol. The molecule has 1 unspecified atom stereocenters. The van der Waals surface area contributed by atoms with Crippen LogP contribution in [0.25, 0.3) is 11.0 Å². The van der Waals surface area contributed by atoms with Gasteiger partial charge in [-0.15, -0.1) is 0 Å². The Labute approximate surface area is 149 Å². The first-order chi connectivity index (χ1) is 12.0. The van der Waals surface area contributed by atoms with Crippen LogP contribution < -0.4 is 10.9 Å². The molecule has 1 N–H and O–H groups in total. The van der Waals surface area contributed by atoms with Gasteiger partial charge in [-0.1, -0.05) is 13.3 Å². The molecule has 1 aliphatic rings. The molecule has 0 aliphatic carbocycles. The zero-order valence-corrected chi connectivity index (χ0v) is 15.7. The van der Waals surface area contributed by atoms with Crippen molar-refractivity contribution in [3.8, 4) is 0 Å². The van der Waals surface area contributed by atoms with Crippen molar-refractivity contribution in [3.63, 3.8) is 0 Å². The van der Waals surface area contributed by atoms with E-state index in [1.807, 2.05) is 23.6 Å². The first-order valence-electron chi connectivity index (χ1n) is 9.40. The van der Waals surface area contributed by atoms with Crippen molar-refractivity contribution in [2.45, 2.75) is 65.2 Å². The van der Waals surface area contributed by atoms with E-state index in [4.69, 9.17) is 4.98 Å². The van der Waals surface area contributed by atoms with Gasteiger partial charge >= 0.3 is 0 Å². The van der Waals surface area contributed by atoms with E-state index in [1.54, 1.807) is 6.20 Å². The van der Waals surface area contributed by atoms with E-state index in [2.05, 4.69) is 36.0 Å². The van der Waals surface area contributed by atoms with E-state index in [1.165, 1.54) is 0 Å². The van der Waals surface area contributed by atoms with Crippen LogP contribution in [0.4, 0.5) is 0 Å². The molecular formula is C19H29N5O. The van der Waals surface area contributed by atoms with Crippen LogP contribution in [-0.2, 0) is 6.54 Å². The zero-order valence-electron chi connectivity index (χ0n) is 15.7. The van der Waals surface area contributed by atoms with Crippen molar-refractivity contribution in [1.29, 1.82) is 0 Å². The molecule has 2 aromatic heterocycles. The van der Waals surface area contributed by atoms with Crippen molar-refractivity contribution in [1.82, 2.24) is 24.8 Å². The van der Waals surface area contributed by atoms with Gasteiger partial charge in [-0.25, -0.2) is 9.97 Å². The molecular weight excluding hydrogens is 314 g/mol. The summed E-state index contributed by atoms with van der Waals surface area (Å²) in [4.78, 5) is 24.6. The third kappa shape index (κ3) is 3.60. The second kappa shape index (κ2) is 7.62. The normalized spacial score (nSPS) is 23.0. The maximum atomic E-state index is 12.9. The van der Waals surface area contributed by atoms with Gasteiger partial charge in [0.15, 0.2) is 5.52 Å². The Kier molecular flexibility index (Phi) is 5.49. The summed E-state index contributed by atoms with van der Waals surface area (Å²) in [7, 11) is 0. The molecule has 0 aromatic carbocycles. The molecule has 0 spiro atoms. The van der Waals surface area contributed by atoms with Crippen LogP contribution in [0.15, 0.2) is 23.1 Å². The van der Waals surface area contributed by atoms with E-state index in [9.17, 15) is 4.79 Å². The molecule has 136 valence electrons. The number of nitrogens with one attached hydrogen (secondary N) is 1. The first kappa shape index (κ1) is 18.0. The van der Waals surface area contributed by atoms with Gasteiger partial charge in [0.05, 0.1) is 11.6 Å². The van der Waals surface area contributed by atoms with E-state index in [0.29, 0.717) is 29.7 Å². The highest BCUT2D eigenvalue weighted by Gasteiger charge is 2.30. The van der Waals surface area contributed by atoms with Crippen LogP contribution in [0, 0.1) is 0 Å². The average Bonchev–Trinajstić information content (AvgIpc) is 2.59. The van der Waals surface area contributed by atoms with Gasteiger partial charge in [-0.05, 0) is 39.3 Å². The summed E-state index contributed by atoms with van der Waals surface area (Å²) in [5, 5.41) is 3.59. The minimum atomic E-state index is -0.0274. The molecule has 6 nitrogen and oxygen atoms in total. The molecule has 0 bridgehead atoms. The lowest BCUT2D eigenvalue weighted by Gasteiger charge is -2.41. The highest BCUT2D eigenvalue weighted by molar-refractivity contribution is 5.72. The maximum Gasteiger partial charge on any atom is 0.280 e. The quantitative estimate of drug-likeness (QED) is 0.903. The molecule has 6 heteroatoms. The van der Waals surface area contributed by atoms with Crippen LogP contribution in [-0.4, -0.2) is 44.6 Å². The van der Waals surface area contributed by atoms with E-state index >= 15 is 0 Å². The number of hydrogen-bond donors (Lipinski definition) is 1. The molecule has 2 aromatic rings. The minimum absolute atomic E-state index is 0.0274. The SMILES string of the molecule is CCCC(c1nc2cccnc2c(=O)n1CC)N1C[C@@H](C)N[C@@H](C)C1. The summed E-state index contributed by atoms with van der Waals surface area (Å²) in [6.07, 6.45) is 3.72.